The number of hydrogen-bond donors (Lipinski definition) is 1. The summed E-state index contributed by atoms with van der Waals surface area (Å²) in [6.07, 6.45) is -1.36. The van der Waals surface area contributed by atoms with Gasteiger partial charge in [0.2, 0.25) is 0 Å². The maximum Gasteiger partial charge on any atom is 0.183 e. The van der Waals surface area contributed by atoms with Gasteiger partial charge in [-0.25, -0.2) is 8.78 Å². The molecule has 0 fully saturated rings. The van der Waals surface area contributed by atoms with Gasteiger partial charge in [-0.3, -0.25) is 0 Å². The molecule has 2 nitrogen and oxygen atoms in total. The molecule has 1 aromatic heterocycles. The molecule has 1 heterocycles. The topological polar surface area (TPSA) is 33.4 Å². The summed E-state index contributed by atoms with van der Waals surface area (Å²) in [4.78, 5) is 0. The Morgan fingerprint density at radius 3 is 2.44 bits per heavy atom. The number of aryl methyl sites for hydroxylation is 1. The Balaban J connectivity index is 2.46. The van der Waals surface area contributed by atoms with E-state index in [9.17, 15) is 13.9 Å². The Hall–Kier alpha value is -0.720. The molecule has 2 aromatic rings. The molecule has 0 spiro atoms. The van der Waals surface area contributed by atoms with Crippen LogP contribution in [0.3, 0.4) is 0 Å². The van der Waals surface area contributed by atoms with Crippen LogP contribution in [0.15, 0.2) is 31.8 Å². The van der Waals surface area contributed by atoms with Gasteiger partial charge in [-0.1, -0.05) is 12.1 Å². The van der Waals surface area contributed by atoms with Crippen LogP contribution in [0.2, 0.25) is 0 Å². The molecule has 1 atom stereocenters. The number of rotatable bonds is 2. The van der Waals surface area contributed by atoms with Gasteiger partial charge in [-0.2, -0.15) is 0 Å². The largest absolute Gasteiger partial charge is 0.450 e. The lowest BCUT2D eigenvalue weighted by atomic mass is 10.0. The predicted molar refractivity (Wildman–Crippen MR) is 69.3 cm³/mol. The standard InChI is InChI=1S/C12H8Br2F2O2/c1-5-2-3-6(10(16)9(5)15)11(17)8-4-7(13)12(14)18-8/h2-4,11,17H,1H3. The van der Waals surface area contributed by atoms with E-state index >= 15 is 0 Å². The fraction of sp³-hybridized carbons (Fsp3) is 0.167. The number of halogens is 4. The molecule has 18 heavy (non-hydrogen) atoms. The van der Waals surface area contributed by atoms with Gasteiger partial charge in [0.25, 0.3) is 0 Å². The summed E-state index contributed by atoms with van der Waals surface area (Å²) in [6.45, 7) is 1.45. The number of benzene rings is 1. The van der Waals surface area contributed by atoms with Crippen LogP contribution in [-0.2, 0) is 0 Å². The van der Waals surface area contributed by atoms with E-state index in [2.05, 4.69) is 31.9 Å². The molecule has 0 aliphatic rings. The van der Waals surface area contributed by atoms with Crippen molar-refractivity contribution >= 4 is 31.9 Å². The van der Waals surface area contributed by atoms with Gasteiger partial charge in [-0.05, 0) is 50.4 Å². The average Bonchev–Trinajstić information content (AvgIpc) is 2.66. The molecule has 0 saturated carbocycles. The highest BCUT2D eigenvalue weighted by atomic mass is 79.9. The van der Waals surface area contributed by atoms with Crippen LogP contribution < -0.4 is 0 Å². The van der Waals surface area contributed by atoms with Gasteiger partial charge in [0.1, 0.15) is 11.9 Å². The summed E-state index contributed by atoms with van der Waals surface area (Å²) in [7, 11) is 0. The Labute approximate surface area is 119 Å². The first-order chi connectivity index (χ1) is 8.41. The average molecular weight is 382 g/mol. The molecule has 96 valence electrons. The lowest BCUT2D eigenvalue weighted by molar-refractivity contribution is 0.182. The fourth-order valence-corrected chi connectivity index (χ4v) is 2.13. The summed E-state index contributed by atoms with van der Waals surface area (Å²) in [6, 6.07) is 4.23. The minimum absolute atomic E-state index is 0.121. The van der Waals surface area contributed by atoms with E-state index < -0.39 is 17.7 Å². The van der Waals surface area contributed by atoms with E-state index in [1.54, 1.807) is 0 Å². The highest BCUT2D eigenvalue weighted by molar-refractivity contribution is 9.13. The second-order valence-corrected chi connectivity index (χ2v) is 5.35. The van der Waals surface area contributed by atoms with Gasteiger partial charge in [0.05, 0.1) is 4.47 Å². The SMILES string of the molecule is Cc1ccc(C(O)c2cc(Br)c(Br)o2)c(F)c1F. The van der Waals surface area contributed by atoms with E-state index in [4.69, 9.17) is 4.42 Å². The Morgan fingerprint density at radius 1 is 1.22 bits per heavy atom. The molecule has 0 aliphatic carbocycles. The number of aliphatic hydroxyl groups is 1. The third-order valence-corrected chi connectivity index (χ3v) is 4.24. The van der Waals surface area contributed by atoms with Crippen molar-refractivity contribution in [3.63, 3.8) is 0 Å². The van der Waals surface area contributed by atoms with Crippen LogP contribution in [0.25, 0.3) is 0 Å². The predicted octanol–water partition coefficient (Wildman–Crippen LogP) is 4.47. The van der Waals surface area contributed by atoms with Crippen molar-refractivity contribution in [2.24, 2.45) is 0 Å². The van der Waals surface area contributed by atoms with Crippen LogP contribution in [-0.4, -0.2) is 5.11 Å². The first-order valence-electron chi connectivity index (χ1n) is 4.99. The van der Waals surface area contributed by atoms with E-state index in [1.807, 2.05) is 0 Å². The van der Waals surface area contributed by atoms with Crippen molar-refractivity contribution in [3.8, 4) is 0 Å². The molecule has 2 rings (SSSR count). The van der Waals surface area contributed by atoms with E-state index in [-0.39, 0.29) is 16.9 Å². The first-order valence-corrected chi connectivity index (χ1v) is 6.57. The molecule has 0 aliphatic heterocycles. The third kappa shape index (κ3) is 2.37. The van der Waals surface area contributed by atoms with Crippen LogP contribution in [0.5, 0.6) is 0 Å². The maximum atomic E-state index is 13.7. The molecule has 1 aromatic carbocycles. The summed E-state index contributed by atoms with van der Waals surface area (Å²) in [5, 5.41) is 9.98. The van der Waals surface area contributed by atoms with Gasteiger partial charge in [-0.15, -0.1) is 0 Å². The molecule has 6 heteroatoms. The van der Waals surface area contributed by atoms with E-state index in [0.717, 1.165) is 0 Å². The Morgan fingerprint density at radius 2 is 1.89 bits per heavy atom. The Kier molecular flexibility index (Phi) is 3.89. The van der Waals surface area contributed by atoms with Crippen molar-refractivity contribution < 1.29 is 18.3 Å². The van der Waals surface area contributed by atoms with E-state index in [0.29, 0.717) is 9.14 Å². The lowest BCUT2D eigenvalue weighted by Crippen LogP contribution is -2.04. The molecule has 0 bridgehead atoms. The maximum absolute atomic E-state index is 13.7. The zero-order valence-corrected chi connectivity index (χ0v) is 12.3. The molecule has 0 amide bonds. The number of hydrogen-bond acceptors (Lipinski definition) is 2. The van der Waals surface area contributed by atoms with Crippen LogP contribution in [0.4, 0.5) is 8.78 Å². The zero-order chi connectivity index (χ0) is 13.4. The molecular formula is C12H8Br2F2O2. The lowest BCUT2D eigenvalue weighted by Gasteiger charge is -2.10. The molecular weight excluding hydrogens is 374 g/mol. The third-order valence-electron chi connectivity index (χ3n) is 2.53. The molecule has 1 unspecified atom stereocenters. The van der Waals surface area contributed by atoms with Gasteiger partial charge in [0, 0.05) is 5.56 Å². The van der Waals surface area contributed by atoms with Crippen molar-refractivity contribution in [3.05, 3.63) is 55.9 Å². The van der Waals surface area contributed by atoms with Gasteiger partial charge >= 0.3 is 0 Å². The Bertz CT molecular complexity index is 577. The number of aliphatic hydroxyl groups excluding tert-OH is 1. The van der Waals surface area contributed by atoms with Crippen LogP contribution in [0, 0.1) is 18.6 Å². The summed E-state index contributed by atoms with van der Waals surface area (Å²) in [5.41, 5.74) is 0.0251. The quantitative estimate of drug-likeness (QED) is 0.832. The van der Waals surface area contributed by atoms with Crippen LogP contribution >= 0.6 is 31.9 Å². The summed E-state index contributed by atoms with van der Waals surface area (Å²) >= 11 is 6.29. The molecule has 0 saturated heterocycles. The monoisotopic (exact) mass is 380 g/mol. The van der Waals surface area contributed by atoms with Gasteiger partial charge < -0.3 is 9.52 Å². The minimum Gasteiger partial charge on any atom is -0.450 e. The molecule has 0 radical (unpaired) electrons. The summed E-state index contributed by atoms with van der Waals surface area (Å²) < 4.78 is 33.3. The fourth-order valence-electron chi connectivity index (χ4n) is 1.52. The zero-order valence-electron chi connectivity index (χ0n) is 9.18. The van der Waals surface area contributed by atoms with Crippen molar-refractivity contribution in [1.82, 2.24) is 0 Å². The van der Waals surface area contributed by atoms with E-state index in [1.165, 1.54) is 25.1 Å². The first kappa shape index (κ1) is 13.7. The van der Waals surface area contributed by atoms with Crippen molar-refractivity contribution in [1.29, 1.82) is 0 Å². The van der Waals surface area contributed by atoms with Crippen molar-refractivity contribution in [2.45, 2.75) is 13.0 Å². The highest BCUT2D eigenvalue weighted by Crippen LogP contribution is 2.34. The minimum atomic E-state index is -1.36. The van der Waals surface area contributed by atoms with Crippen LogP contribution in [0.1, 0.15) is 23.0 Å². The summed E-state index contributed by atoms with van der Waals surface area (Å²) in [5.74, 6) is -1.90. The van der Waals surface area contributed by atoms with Gasteiger partial charge in [0.15, 0.2) is 16.3 Å². The number of furan rings is 1. The van der Waals surface area contributed by atoms with Crippen molar-refractivity contribution in [2.75, 3.05) is 0 Å². The normalized spacial score (nSPS) is 12.8. The second-order valence-electron chi connectivity index (χ2n) is 3.77. The second kappa shape index (κ2) is 5.11. The highest BCUT2D eigenvalue weighted by Gasteiger charge is 2.22. The smallest absolute Gasteiger partial charge is 0.183 e. The molecule has 1 N–H and O–H groups in total.